The normalized spacial score (nSPS) is 14.5. The number of nitrogens with one attached hydrogen (secondary N) is 1. The molecule has 1 N–H and O–H groups in total. The molecule has 190 valence electrons. The molecule has 1 fully saturated rings. The minimum absolute atomic E-state index is 0.111. The van der Waals surface area contributed by atoms with E-state index in [2.05, 4.69) is 5.32 Å². The highest BCUT2D eigenvalue weighted by Crippen LogP contribution is 2.15. The fourth-order valence-corrected chi connectivity index (χ4v) is 3.24. The molecular formula is C25H33N3O7. The van der Waals surface area contributed by atoms with E-state index in [4.69, 9.17) is 9.47 Å². The molecule has 1 aromatic carbocycles. The Labute approximate surface area is 205 Å². The van der Waals surface area contributed by atoms with Crippen molar-refractivity contribution < 1.29 is 33.4 Å². The van der Waals surface area contributed by atoms with Crippen molar-refractivity contribution in [2.24, 2.45) is 0 Å². The second-order valence-electron chi connectivity index (χ2n) is 7.57. The van der Waals surface area contributed by atoms with Crippen LogP contribution >= 0.6 is 0 Å². The van der Waals surface area contributed by atoms with Gasteiger partial charge in [0.05, 0.1) is 39.4 Å². The maximum absolute atomic E-state index is 12.0. The maximum atomic E-state index is 12.0. The number of hydrogen-bond acceptors (Lipinski definition) is 7. The summed E-state index contributed by atoms with van der Waals surface area (Å²) in [5.41, 5.74) is 1.60. The van der Waals surface area contributed by atoms with Crippen LogP contribution in [-0.2, 0) is 39.9 Å². The van der Waals surface area contributed by atoms with E-state index in [0.717, 1.165) is 10.5 Å². The van der Waals surface area contributed by atoms with Crippen molar-refractivity contribution in [3.05, 3.63) is 42.0 Å². The van der Waals surface area contributed by atoms with Crippen LogP contribution in [0.4, 0.5) is 5.69 Å². The van der Waals surface area contributed by atoms with Crippen molar-refractivity contribution in [2.75, 3.05) is 44.8 Å². The molecule has 0 aliphatic carbocycles. The van der Waals surface area contributed by atoms with Gasteiger partial charge in [0.2, 0.25) is 17.7 Å². The first-order chi connectivity index (χ1) is 16.9. The molecule has 2 aliphatic heterocycles. The second-order valence-corrected chi connectivity index (χ2v) is 7.57. The highest BCUT2D eigenvalue weighted by Gasteiger charge is 2.29. The monoisotopic (exact) mass is 487 g/mol. The molecule has 0 aromatic heterocycles. The van der Waals surface area contributed by atoms with Crippen molar-refractivity contribution in [1.29, 1.82) is 0 Å². The van der Waals surface area contributed by atoms with Gasteiger partial charge in [0, 0.05) is 37.2 Å². The Morgan fingerprint density at radius 2 is 1.51 bits per heavy atom. The van der Waals surface area contributed by atoms with Gasteiger partial charge < -0.3 is 14.8 Å². The summed E-state index contributed by atoms with van der Waals surface area (Å²) < 4.78 is 10.7. The highest BCUT2D eigenvalue weighted by molar-refractivity contribution is 6.12. The minimum atomic E-state index is -0.338. The van der Waals surface area contributed by atoms with Crippen LogP contribution in [0.2, 0.25) is 0 Å². The van der Waals surface area contributed by atoms with Crippen molar-refractivity contribution in [1.82, 2.24) is 9.80 Å². The molecule has 5 amide bonds. The van der Waals surface area contributed by atoms with Crippen LogP contribution in [0, 0.1) is 0 Å². The van der Waals surface area contributed by atoms with Crippen LogP contribution in [-0.4, -0.2) is 78.9 Å². The molecule has 0 saturated carbocycles. The zero-order chi connectivity index (χ0) is 25.6. The van der Waals surface area contributed by atoms with Crippen molar-refractivity contribution in [2.45, 2.75) is 39.5 Å². The fraction of sp³-hybridized carbons (Fsp3) is 0.480. The lowest BCUT2D eigenvalue weighted by Crippen LogP contribution is -2.47. The maximum Gasteiger partial charge on any atom is 0.253 e. The zero-order valence-corrected chi connectivity index (χ0v) is 20.3. The van der Waals surface area contributed by atoms with Crippen molar-refractivity contribution in [3.8, 4) is 0 Å². The molecule has 35 heavy (non-hydrogen) atoms. The summed E-state index contributed by atoms with van der Waals surface area (Å²) >= 11 is 0. The first-order valence-corrected chi connectivity index (χ1v) is 11.8. The zero-order valence-electron chi connectivity index (χ0n) is 20.3. The number of benzene rings is 1. The molecule has 2 heterocycles. The first-order valence-electron chi connectivity index (χ1n) is 11.8. The van der Waals surface area contributed by atoms with E-state index >= 15 is 0 Å². The number of imide groups is 2. The number of β-lactam (4-membered cyclic amide) rings is 1. The molecule has 0 unspecified atom stereocenters. The van der Waals surface area contributed by atoms with Crippen LogP contribution in [0.3, 0.4) is 0 Å². The van der Waals surface area contributed by atoms with E-state index in [-0.39, 0.29) is 62.1 Å². The van der Waals surface area contributed by atoms with Gasteiger partial charge in [-0.05, 0) is 24.1 Å². The molecular weight excluding hydrogens is 454 g/mol. The molecule has 0 spiro atoms. The average molecular weight is 488 g/mol. The van der Waals surface area contributed by atoms with Crippen LogP contribution in [0.15, 0.2) is 36.4 Å². The molecule has 3 rings (SSSR count). The Hall–Kier alpha value is -3.37. The minimum Gasteiger partial charge on any atom is -0.379 e. The molecule has 10 nitrogen and oxygen atoms in total. The number of aryl methyl sites for hydroxylation is 1. The Balaban J connectivity index is 0.00000210. The molecule has 10 heteroatoms. The third kappa shape index (κ3) is 9.06. The van der Waals surface area contributed by atoms with Gasteiger partial charge in [-0.1, -0.05) is 26.0 Å². The lowest BCUT2D eigenvalue weighted by atomic mass is 10.1. The summed E-state index contributed by atoms with van der Waals surface area (Å²) in [4.78, 5) is 60.3. The molecule has 0 bridgehead atoms. The summed E-state index contributed by atoms with van der Waals surface area (Å²) in [7, 11) is 0. The lowest BCUT2D eigenvalue weighted by Gasteiger charge is -2.28. The Bertz CT molecular complexity index is 909. The van der Waals surface area contributed by atoms with Crippen LogP contribution in [0.5, 0.6) is 0 Å². The summed E-state index contributed by atoms with van der Waals surface area (Å²) in [6.45, 7) is 5.76. The summed E-state index contributed by atoms with van der Waals surface area (Å²) in [5, 5.41) is 2.78. The summed E-state index contributed by atoms with van der Waals surface area (Å²) in [6, 6.07) is 7.22. The molecule has 1 aromatic rings. The SMILES string of the molecule is CC.O=C(CCOCCOCCN1C(=O)C=CC1=O)Nc1ccc(CCC(=O)N2CCC2=O)cc1. The number of hydrogen-bond donors (Lipinski definition) is 1. The van der Waals surface area contributed by atoms with Gasteiger partial charge in [0.15, 0.2) is 0 Å². The largest absolute Gasteiger partial charge is 0.379 e. The Morgan fingerprint density at radius 3 is 2.09 bits per heavy atom. The van der Waals surface area contributed by atoms with Crippen LogP contribution < -0.4 is 5.32 Å². The van der Waals surface area contributed by atoms with Gasteiger partial charge in [-0.15, -0.1) is 0 Å². The van der Waals surface area contributed by atoms with Gasteiger partial charge in [0.25, 0.3) is 11.8 Å². The predicted octanol–water partition coefficient (Wildman–Crippen LogP) is 1.69. The number of ether oxygens (including phenoxy) is 2. The fourth-order valence-electron chi connectivity index (χ4n) is 3.24. The number of anilines is 1. The van der Waals surface area contributed by atoms with Crippen LogP contribution in [0.1, 0.15) is 38.7 Å². The van der Waals surface area contributed by atoms with Gasteiger partial charge in [-0.2, -0.15) is 0 Å². The first kappa shape index (κ1) is 27.9. The van der Waals surface area contributed by atoms with E-state index in [9.17, 15) is 24.0 Å². The molecule has 0 atom stereocenters. The summed E-state index contributed by atoms with van der Waals surface area (Å²) in [5.74, 6) is -1.12. The number of likely N-dealkylation sites (tertiary alicyclic amines) is 1. The van der Waals surface area contributed by atoms with E-state index < -0.39 is 0 Å². The number of carbonyl (C=O) groups excluding carboxylic acids is 5. The van der Waals surface area contributed by atoms with E-state index in [1.807, 2.05) is 26.0 Å². The van der Waals surface area contributed by atoms with Crippen LogP contribution in [0.25, 0.3) is 0 Å². The van der Waals surface area contributed by atoms with E-state index in [0.29, 0.717) is 38.3 Å². The Kier molecular flexibility index (Phi) is 11.8. The number of amides is 5. The topological polar surface area (TPSA) is 122 Å². The number of nitrogens with zero attached hydrogens (tertiary/aromatic N) is 2. The smallest absolute Gasteiger partial charge is 0.253 e. The quantitative estimate of drug-likeness (QED) is 0.255. The molecule has 1 saturated heterocycles. The third-order valence-electron chi connectivity index (χ3n) is 5.22. The second kappa shape index (κ2) is 14.8. The third-order valence-corrected chi connectivity index (χ3v) is 5.22. The van der Waals surface area contributed by atoms with Crippen molar-refractivity contribution in [3.63, 3.8) is 0 Å². The van der Waals surface area contributed by atoms with Gasteiger partial charge in [-0.25, -0.2) is 0 Å². The highest BCUT2D eigenvalue weighted by atomic mass is 16.5. The average Bonchev–Trinajstić information content (AvgIpc) is 3.17. The summed E-state index contributed by atoms with van der Waals surface area (Å²) in [6.07, 6.45) is 3.91. The predicted molar refractivity (Wildman–Crippen MR) is 128 cm³/mol. The van der Waals surface area contributed by atoms with E-state index in [1.54, 1.807) is 12.1 Å². The number of rotatable bonds is 13. The molecule has 0 radical (unpaired) electrons. The van der Waals surface area contributed by atoms with Gasteiger partial charge >= 0.3 is 0 Å². The standard InChI is InChI=1S/C23H27N3O7.C2H6/c27-19(10-13-32-15-16-33-14-12-26-21(29)7-8-22(26)30)24-18-4-1-17(2-5-18)3-6-20(28)25-11-9-23(25)31;1-2/h1-2,4-5,7-8H,3,6,9-16H2,(H,24,27);1-2H3. The van der Waals surface area contributed by atoms with Gasteiger partial charge in [0.1, 0.15) is 0 Å². The molecule has 2 aliphatic rings. The van der Waals surface area contributed by atoms with Crippen molar-refractivity contribution >= 4 is 35.2 Å². The Morgan fingerprint density at radius 1 is 0.886 bits per heavy atom. The van der Waals surface area contributed by atoms with E-state index in [1.165, 1.54) is 17.1 Å². The van der Waals surface area contributed by atoms with Gasteiger partial charge in [-0.3, -0.25) is 33.8 Å². The lowest BCUT2D eigenvalue weighted by molar-refractivity contribution is -0.152. The number of carbonyl (C=O) groups is 5.